The number of hydrogen-bond acceptors (Lipinski definition) is 4. The molecule has 1 heterocycles. The van der Waals surface area contributed by atoms with Gasteiger partial charge in [0.25, 0.3) is 0 Å². The lowest BCUT2D eigenvalue weighted by molar-refractivity contribution is -0.137. The van der Waals surface area contributed by atoms with Crippen molar-refractivity contribution in [1.29, 1.82) is 0 Å². The summed E-state index contributed by atoms with van der Waals surface area (Å²) in [5, 5.41) is 2.74. The second-order valence-corrected chi connectivity index (χ2v) is 4.45. The first-order valence-corrected chi connectivity index (χ1v) is 5.88. The van der Waals surface area contributed by atoms with Crippen LogP contribution in [0.2, 0.25) is 5.02 Å². The molecular weight excluding hydrogens is 293 g/mol. The van der Waals surface area contributed by atoms with Crippen LogP contribution in [0.4, 0.5) is 30.5 Å². The lowest BCUT2D eigenvalue weighted by Crippen LogP contribution is -2.05. The molecule has 0 unspecified atom stereocenters. The molecule has 106 valence electrons. The average Bonchev–Trinajstić information content (AvgIpc) is 2.29. The summed E-state index contributed by atoms with van der Waals surface area (Å²) in [5.74, 6) is 1.05. The molecule has 0 atom stereocenters. The zero-order valence-corrected chi connectivity index (χ0v) is 11.0. The normalized spacial score (nSPS) is 11.4. The van der Waals surface area contributed by atoms with E-state index in [-0.39, 0.29) is 10.8 Å². The Labute approximate surface area is 117 Å². The van der Waals surface area contributed by atoms with E-state index in [0.29, 0.717) is 17.3 Å². The molecule has 20 heavy (non-hydrogen) atoms. The summed E-state index contributed by atoms with van der Waals surface area (Å²) < 4.78 is 37.5. The van der Waals surface area contributed by atoms with Crippen molar-refractivity contribution in [3.63, 3.8) is 0 Å². The third kappa shape index (κ3) is 3.30. The maximum atomic E-state index is 12.5. The van der Waals surface area contributed by atoms with Crippen LogP contribution < -0.4 is 11.1 Å². The molecule has 0 saturated carbocycles. The Morgan fingerprint density at radius 3 is 2.45 bits per heavy atom. The number of halogens is 4. The number of aromatic nitrogens is 2. The number of alkyl halides is 3. The van der Waals surface area contributed by atoms with Crippen molar-refractivity contribution in [1.82, 2.24) is 9.97 Å². The highest BCUT2D eigenvalue weighted by Crippen LogP contribution is 2.34. The lowest BCUT2D eigenvalue weighted by Gasteiger charge is -2.11. The quantitative estimate of drug-likeness (QED) is 0.886. The van der Waals surface area contributed by atoms with E-state index in [1.807, 2.05) is 0 Å². The monoisotopic (exact) mass is 302 g/mol. The summed E-state index contributed by atoms with van der Waals surface area (Å²) in [6.45, 7) is 1.65. The second kappa shape index (κ2) is 5.16. The van der Waals surface area contributed by atoms with E-state index in [4.69, 9.17) is 17.3 Å². The number of anilines is 3. The molecule has 0 amide bonds. The highest BCUT2D eigenvalue weighted by Gasteiger charge is 2.30. The van der Waals surface area contributed by atoms with Gasteiger partial charge in [-0.1, -0.05) is 11.6 Å². The molecule has 0 aliphatic rings. The van der Waals surface area contributed by atoms with E-state index in [2.05, 4.69) is 15.3 Å². The van der Waals surface area contributed by atoms with Crippen molar-refractivity contribution in [3.8, 4) is 0 Å². The molecule has 1 aromatic heterocycles. The first kappa shape index (κ1) is 14.4. The third-order valence-electron chi connectivity index (χ3n) is 2.42. The van der Waals surface area contributed by atoms with Gasteiger partial charge in [-0.15, -0.1) is 0 Å². The number of aryl methyl sites for hydroxylation is 1. The van der Waals surface area contributed by atoms with Gasteiger partial charge in [-0.05, 0) is 25.1 Å². The highest BCUT2D eigenvalue weighted by molar-refractivity contribution is 6.33. The number of benzene rings is 1. The van der Waals surface area contributed by atoms with E-state index in [1.165, 1.54) is 12.1 Å². The summed E-state index contributed by atoms with van der Waals surface area (Å²) in [6, 6.07) is 4.48. The Balaban J connectivity index is 2.30. The molecule has 2 aromatic rings. The molecule has 0 saturated heterocycles. The average molecular weight is 303 g/mol. The minimum atomic E-state index is -4.43. The highest BCUT2D eigenvalue weighted by atomic mass is 35.5. The van der Waals surface area contributed by atoms with Crippen LogP contribution in [0.25, 0.3) is 0 Å². The van der Waals surface area contributed by atoms with Gasteiger partial charge in [-0.3, -0.25) is 0 Å². The van der Waals surface area contributed by atoms with Gasteiger partial charge in [0.2, 0.25) is 0 Å². The van der Waals surface area contributed by atoms with Gasteiger partial charge in [0.1, 0.15) is 17.5 Å². The van der Waals surface area contributed by atoms with Crippen molar-refractivity contribution in [2.75, 3.05) is 11.1 Å². The number of nitrogens with two attached hydrogens (primary N) is 1. The Morgan fingerprint density at radius 2 is 1.90 bits per heavy atom. The molecule has 2 rings (SSSR count). The van der Waals surface area contributed by atoms with E-state index < -0.39 is 11.7 Å². The number of nitrogens with zero attached hydrogens (tertiary/aromatic N) is 2. The van der Waals surface area contributed by atoms with Gasteiger partial charge in [0, 0.05) is 6.07 Å². The molecule has 0 fully saturated rings. The number of rotatable bonds is 2. The summed E-state index contributed by atoms with van der Waals surface area (Å²) in [5.41, 5.74) is 5.05. The lowest BCUT2D eigenvalue weighted by atomic mass is 10.2. The molecule has 0 radical (unpaired) electrons. The number of nitrogen functional groups attached to an aromatic ring is 1. The van der Waals surface area contributed by atoms with E-state index >= 15 is 0 Å². The minimum absolute atomic E-state index is 0.0605. The Morgan fingerprint density at radius 1 is 1.20 bits per heavy atom. The zero-order valence-electron chi connectivity index (χ0n) is 10.3. The van der Waals surface area contributed by atoms with E-state index in [1.54, 1.807) is 6.92 Å². The molecule has 1 aromatic carbocycles. The maximum Gasteiger partial charge on any atom is 0.416 e. The van der Waals surface area contributed by atoms with Gasteiger partial charge in [0.05, 0.1) is 16.3 Å². The van der Waals surface area contributed by atoms with Crippen LogP contribution in [0, 0.1) is 6.92 Å². The molecule has 0 spiro atoms. The van der Waals surface area contributed by atoms with Gasteiger partial charge in [-0.2, -0.15) is 13.2 Å². The summed E-state index contributed by atoms with van der Waals surface area (Å²) in [4.78, 5) is 7.95. The topological polar surface area (TPSA) is 63.8 Å². The van der Waals surface area contributed by atoms with Crippen molar-refractivity contribution < 1.29 is 13.2 Å². The van der Waals surface area contributed by atoms with Crippen molar-refractivity contribution >= 4 is 28.9 Å². The van der Waals surface area contributed by atoms with Crippen LogP contribution in [0.3, 0.4) is 0 Å². The van der Waals surface area contributed by atoms with Crippen LogP contribution in [0.1, 0.15) is 11.4 Å². The zero-order chi connectivity index (χ0) is 14.9. The van der Waals surface area contributed by atoms with Gasteiger partial charge < -0.3 is 11.1 Å². The fourth-order valence-corrected chi connectivity index (χ4v) is 1.81. The van der Waals surface area contributed by atoms with Gasteiger partial charge in [-0.25, -0.2) is 9.97 Å². The summed E-state index contributed by atoms with van der Waals surface area (Å²) >= 11 is 5.83. The third-order valence-corrected chi connectivity index (χ3v) is 2.73. The second-order valence-electron chi connectivity index (χ2n) is 4.04. The molecule has 0 aliphatic carbocycles. The van der Waals surface area contributed by atoms with Crippen molar-refractivity contribution in [2.24, 2.45) is 0 Å². The molecule has 3 N–H and O–H groups in total. The van der Waals surface area contributed by atoms with Crippen LogP contribution in [-0.4, -0.2) is 9.97 Å². The van der Waals surface area contributed by atoms with E-state index in [9.17, 15) is 13.2 Å². The SMILES string of the molecule is Cc1nc(N)cc(Nc2ccc(C(F)(F)F)cc2Cl)n1. The molecule has 4 nitrogen and oxygen atoms in total. The predicted molar refractivity (Wildman–Crippen MR) is 70.9 cm³/mol. The standard InChI is InChI=1S/C12H10ClF3N4/c1-6-18-10(17)5-11(19-6)20-9-3-2-7(4-8(9)13)12(14,15)16/h2-5H,1H3,(H3,17,18,19,20). The first-order valence-electron chi connectivity index (χ1n) is 5.50. The van der Waals surface area contributed by atoms with Crippen LogP contribution >= 0.6 is 11.6 Å². The maximum absolute atomic E-state index is 12.5. The van der Waals surface area contributed by atoms with Gasteiger partial charge in [0.15, 0.2) is 0 Å². The first-order chi connectivity index (χ1) is 9.25. The Bertz CT molecular complexity index is 623. The fourth-order valence-electron chi connectivity index (χ4n) is 1.59. The predicted octanol–water partition coefficient (Wildman–Crippen LogP) is 3.78. The van der Waals surface area contributed by atoms with Crippen molar-refractivity contribution in [3.05, 3.63) is 40.7 Å². The number of nitrogens with one attached hydrogen (secondary N) is 1. The van der Waals surface area contributed by atoms with Crippen molar-refractivity contribution in [2.45, 2.75) is 13.1 Å². The summed E-state index contributed by atoms with van der Waals surface area (Å²) in [6.07, 6.45) is -4.43. The summed E-state index contributed by atoms with van der Waals surface area (Å²) in [7, 11) is 0. The van der Waals surface area contributed by atoms with Gasteiger partial charge >= 0.3 is 6.18 Å². The van der Waals surface area contributed by atoms with Crippen LogP contribution in [-0.2, 0) is 6.18 Å². The largest absolute Gasteiger partial charge is 0.416 e. The Hall–Kier alpha value is -2.02. The molecule has 0 aliphatic heterocycles. The van der Waals surface area contributed by atoms with Crippen LogP contribution in [0.15, 0.2) is 24.3 Å². The van der Waals surface area contributed by atoms with E-state index in [0.717, 1.165) is 12.1 Å². The molecule has 8 heteroatoms. The van der Waals surface area contributed by atoms with Crippen LogP contribution in [0.5, 0.6) is 0 Å². The number of hydrogen-bond donors (Lipinski definition) is 2. The molecule has 0 bridgehead atoms. The Kier molecular flexibility index (Phi) is 3.71. The smallest absolute Gasteiger partial charge is 0.384 e. The fraction of sp³-hybridized carbons (Fsp3) is 0.167. The minimum Gasteiger partial charge on any atom is -0.384 e. The molecular formula is C12H10ClF3N4.